The van der Waals surface area contributed by atoms with E-state index in [1.54, 1.807) is 0 Å². The lowest BCUT2D eigenvalue weighted by atomic mass is 9.85. The molecule has 2 fully saturated rings. The molecule has 0 aromatic rings. The number of hydrogen-bond acceptors (Lipinski definition) is 2. The minimum absolute atomic E-state index is 0.196. The summed E-state index contributed by atoms with van der Waals surface area (Å²) in [5.74, 6) is 1.23. The number of likely N-dealkylation sites (tertiary alicyclic amines) is 1. The predicted octanol–water partition coefficient (Wildman–Crippen LogP) is 2.54. The molecule has 1 saturated heterocycles. The minimum atomic E-state index is 0.196. The van der Waals surface area contributed by atoms with Gasteiger partial charge in [0.05, 0.1) is 0 Å². The molecule has 4 unspecified atom stereocenters. The summed E-state index contributed by atoms with van der Waals surface area (Å²) in [6.07, 6.45) is 7.84. The lowest BCUT2D eigenvalue weighted by Gasteiger charge is -2.35. The molecule has 0 aromatic carbocycles. The van der Waals surface area contributed by atoms with Gasteiger partial charge in [0.25, 0.3) is 0 Å². The van der Waals surface area contributed by atoms with Crippen molar-refractivity contribution in [3.63, 3.8) is 0 Å². The highest BCUT2D eigenvalue weighted by Crippen LogP contribution is 2.28. The number of amides is 1. The van der Waals surface area contributed by atoms with Gasteiger partial charge in [0.1, 0.15) is 0 Å². The van der Waals surface area contributed by atoms with Crippen molar-refractivity contribution in [3.05, 3.63) is 0 Å². The van der Waals surface area contributed by atoms with E-state index in [9.17, 15) is 4.79 Å². The quantitative estimate of drug-likeness (QED) is 0.779. The van der Waals surface area contributed by atoms with Crippen LogP contribution in [0.25, 0.3) is 0 Å². The average molecular weight is 252 g/mol. The Morgan fingerprint density at radius 2 is 1.83 bits per heavy atom. The standard InChI is InChI=1S/C15H28N2O/c1-11-5-3-6-12(2)17(10-11)15(18)13-7-4-8-14(16)9-13/h11-14H,3-10,16H2,1-2H3. The number of carbonyl (C=O) groups excluding carboxylic acids is 1. The van der Waals surface area contributed by atoms with E-state index in [0.29, 0.717) is 17.9 Å². The van der Waals surface area contributed by atoms with Crippen LogP contribution in [0.3, 0.4) is 0 Å². The SMILES string of the molecule is CC1CCCC(C)N(C(=O)C2CCCC(N)C2)C1. The Morgan fingerprint density at radius 1 is 1.11 bits per heavy atom. The van der Waals surface area contributed by atoms with E-state index < -0.39 is 0 Å². The van der Waals surface area contributed by atoms with Crippen molar-refractivity contribution >= 4 is 5.91 Å². The Hall–Kier alpha value is -0.570. The zero-order chi connectivity index (χ0) is 13.1. The van der Waals surface area contributed by atoms with E-state index in [1.807, 2.05) is 0 Å². The molecule has 4 atom stereocenters. The summed E-state index contributed by atoms with van der Waals surface area (Å²) in [7, 11) is 0. The van der Waals surface area contributed by atoms with Gasteiger partial charge in [-0.25, -0.2) is 0 Å². The molecule has 2 aliphatic rings. The van der Waals surface area contributed by atoms with Gasteiger partial charge in [-0.1, -0.05) is 19.8 Å². The normalized spacial score (nSPS) is 38.3. The van der Waals surface area contributed by atoms with E-state index >= 15 is 0 Å². The predicted molar refractivity (Wildman–Crippen MR) is 74.1 cm³/mol. The fraction of sp³-hybridized carbons (Fsp3) is 0.933. The summed E-state index contributed by atoms with van der Waals surface area (Å²) in [4.78, 5) is 14.8. The molecule has 3 nitrogen and oxygen atoms in total. The first-order valence-corrected chi connectivity index (χ1v) is 7.64. The molecule has 0 spiro atoms. The highest BCUT2D eigenvalue weighted by molar-refractivity contribution is 5.79. The van der Waals surface area contributed by atoms with Crippen molar-refractivity contribution in [1.29, 1.82) is 0 Å². The van der Waals surface area contributed by atoms with Crippen molar-refractivity contribution in [2.45, 2.75) is 70.9 Å². The molecular weight excluding hydrogens is 224 g/mol. The van der Waals surface area contributed by atoms with Gasteiger partial charge in [-0.3, -0.25) is 4.79 Å². The summed E-state index contributed by atoms with van der Waals surface area (Å²) in [6.45, 7) is 5.43. The molecule has 2 rings (SSSR count). The molecule has 1 aliphatic heterocycles. The summed E-state index contributed by atoms with van der Waals surface area (Å²) in [5.41, 5.74) is 6.01. The number of carbonyl (C=O) groups is 1. The third-order valence-electron chi connectivity index (χ3n) is 4.71. The van der Waals surface area contributed by atoms with Crippen molar-refractivity contribution < 1.29 is 4.79 Å². The monoisotopic (exact) mass is 252 g/mol. The summed E-state index contributed by atoms with van der Waals surface area (Å²) in [5, 5.41) is 0. The largest absolute Gasteiger partial charge is 0.339 e. The molecule has 104 valence electrons. The van der Waals surface area contributed by atoms with Crippen LogP contribution in [0, 0.1) is 11.8 Å². The van der Waals surface area contributed by atoms with Gasteiger partial charge in [0, 0.05) is 24.5 Å². The molecular formula is C15H28N2O. The lowest BCUT2D eigenvalue weighted by Crippen LogP contribution is -2.45. The van der Waals surface area contributed by atoms with Gasteiger partial charge in [0.2, 0.25) is 5.91 Å². The number of hydrogen-bond donors (Lipinski definition) is 1. The van der Waals surface area contributed by atoms with Crippen LogP contribution in [0.15, 0.2) is 0 Å². The van der Waals surface area contributed by atoms with E-state index in [4.69, 9.17) is 5.73 Å². The maximum Gasteiger partial charge on any atom is 0.225 e. The molecule has 0 aromatic heterocycles. The van der Waals surface area contributed by atoms with Crippen molar-refractivity contribution in [1.82, 2.24) is 4.90 Å². The van der Waals surface area contributed by atoms with Crippen LogP contribution in [0.2, 0.25) is 0 Å². The first kappa shape index (κ1) is 13.9. The third kappa shape index (κ3) is 3.25. The fourth-order valence-corrected chi connectivity index (χ4v) is 3.52. The van der Waals surface area contributed by atoms with Crippen LogP contribution in [-0.4, -0.2) is 29.4 Å². The summed E-state index contributed by atoms with van der Waals surface area (Å²) < 4.78 is 0. The topological polar surface area (TPSA) is 46.3 Å². The van der Waals surface area contributed by atoms with Crippen molar-refractivity contribution in [3.8, 4) is 0 Å². The van der Waals surface area contributed by atoms with Gasteiger partial charge in [-0.15, -0.1) is 0 Å². The minimum Gasteiger partial charge on any atom is -0.339 e. The summed E-state index contributed by atoms with van der Waals surface area (Å²) in [6, 6.07) is 0.660. The smallest absolute Gasteiger partial charge is 0.225 e. The average Bonchev–Trinajstić information content (AvgIpc) is 2.50. The molecule has 1 saturated carbocycles. The second kappa shape index (κ2) is 6.05. The zero-order valence-electron chi connectivity index (χ0n) is 11.9. The van der Waals surface area contributed by atoms with E-state index in [-0.39, 0.29) is 12.0 Å². The maximum atomic E-state index is 12.7. The van der Waals surface area contributed by atoms with E-state index in [1.165, 1.54) is 12.8 Å². The lowest BCUT2D eigenvalue weighted by molar-refractivity contribution is -0.139. The second-order valence-corrected chi connectivity index (χ2v) is 6.50. The van der Waals surface area contributed by atoms with Crippen LogP contribution in [-0.2, 0) is 4.79 Å². The number of nitrogens with zero attached hydrogens (tertiary/aromatic N) is 1. The first-order valence-electron chi connectivity index (χ1n) is 7.64. The van der Waals surface area contributed by atoms with E-state index in [2.05, 4.69) is 18.7 Å². The van der Waals surface area contributed by atoms with Crippen LogP contribution in [0.5, 0.6) is 0 Å². The third-order valence-corrected chi connectivity index (χ3v) is 4.71. The van der Waals surface area contributed by atoms with Crippen LogP contribution < -0.4 is 5.73 Å². The highest BCUT2D eigenvalue weighted by Gasteiger charge is 2.32. The molecule has 0 radical (unpaired) electrons. The van der Waals surface area contributed by atoms with Gasteiger partial charge in [0.15, 0.2) is 0 Å². The van der Waals surface area contributed by atoms with Gasteiger partial charge < -0.3 is 10.6 Å². The Labute approximate surface area is 111 Å². The molecule has 2 N–H and O–H groups in total. The maximum absolute atomic E-state index is 12.7. The van der Waals surface area contributed by atoms with Gasteiger partial charge >= 0.3 is 0 Å². The number of nitrogens with two attached hydrogens (primary N) is 1. The van der Waals surface area contributed by atoms with Crippen LogP contribution in [0.1, 0.15) is 58.8 Å². The first-order chi connectivity index (χ1) is 8.58. The molecule has 1 amide bonds. The van der Waals surface area contributed by atoms with Crippen LogP contribution in [0.4, 0.5) is 0 Å². The fourth-order valence-electron chi connectivity index (χ4n) is 3.52. The van der Waals surface area contributed by atoms with Crippen molar-refractivity contribution in [2.24, 2.45) is 17.6 Å². The number of rotatable bonds is 1. The van der Waals surface area contributed by atoms with Gasteiger partial charge in [-0.2, -0.15) is 0 Å². The zero-order valence-corrected chi connectivity index (χ0v) is 11.9. The highest BCUT2D eigenvalue weighted by atomic mass is 16.2. The van der Waals surface area contributed by atoms with Crippen LogP contribution >= 0.6 is 0 Å². The van der Waals surface area contributed by atoms with Crippen molar-refractivity contribution in [2.75, 3.05) is 6.54 Å². The Morgan fingerprint density at radius 3 is 2.56 bits per heavy atom. The Bertz CT molecular complexity index is 292. The molecule has 0 bridgehead atoms. The molecule has 18 heavy (non-hydrogen) atoms. The summed E-state index contributed by atoms with van der Waals surface area (Å²) >= 11 is 0. The molecule has 1 aliphatic carbocycles. The Kier molecular flexibility index (Phi) is 4.66. The Balaban J connectivity index is 2.01. The van der Waals surface area contributed by atoms with E-state index in [0.717, 1.165) is 38.6 Å². The molecule has 3 heteroatoms. The second-order valence-electron chi connectivity index (χ2n) is 6.50. The molecule has 1 heterocycles. The van der Waals surface area contributed by atoms with Gasteiger partial charge in [-0.05, 0) is 44.9 Å².